The fraction of sp³-hybridized carbons (Fsp3) is 0.292. The number of para-hydroxylation sites is 1. The van der Waals surface area contributed by atoms with Gasteiger partial charge in [-0.2, -0.15) is 0 Å². The van der Waals surface area contributed by atoms with E-state index in [1.54, 1.807) is 13.0 Å². The van der Waals surface area contributed by atoms with Crippen LogP contribution >= 0.6 is 11.6 Å². The van der Waals surface area contributed by atoms with Crippen LogP contribution in [0.3, 0.4) is 0 Å². The van der Waals surface area contributed by atoms with Gasteiger partial charge >= 0.3 is 5.97 Å². The smallest absolute Gasteiger partial charge is 0.311 e. The van der Waals surface area contributed by atoms with Crippen molar-refractivity contribution in [3.8, 4) is 23.8 Å². The molecular weight excluding hydrogens is 372 g/mol. The first-order valence-electron chi connectivity index (χ1n) is 9.16. The molecule has 1 aliphatic carbocycles. The fourth-order valence-electron chi connectivity index (χ4n) is 3.44. The molecule has 2 aromatic carbocycles. The monoisotopic (exact) mass is 394 g/mol. The average Bonchev–Trinajstić information content (AvgIpc) is 3.20. The van der Waals surface area contributed by atoms with Crippen molar-refractivity contribution in [2.75, 3.05) is 0 Å². The minimum Gasteiger partial charge on any atom is -0.457 e. The van der Waals surface area contributed by atoms with E-state index in [2.05, 4.69) is 5.92 Å². The van der Waals surface area contributed by atoms with Crippen LogP contribution in [0.25, 0.3) is 0 Å². The molecule has 1 fully saturated rings. The second-order valence-corrected chi connectivity index (χ2v) is 8.15. The first-order valence-corrected chi connectivity index (χ1v) is 9.54. The zero-order valence-corrected chi connectivity index (χ0v) is 16.9. The van der Waals surface area contributed by atoms with Gasteiger partial charge in [0.1, 0.15) is 11.5 Å². The molecule has 0 amide bonds. The summed E-state index contributed by atoms with van der Waals surface area (Å²) in [5.41, 5.74) is 0.508. The molecule has 0 radical (unpaired) electrons. The minimum absolute atomic E-state index is 0.0590. The van der Waals surface area contributed by atoms with Crippen molar-refractivity contribution >= 4 is 17.6 Å². The largest absolute Gasteiger partial charge is 0.457 e. The van der Waals surface area contributed by atoms with Gasteiger partial charge < -0.3 is 9.47 Å². The van der Waals surface area contributed by atoms with Crippen molar-refractivity contribution in [1.82, 2.24) is 0 Å². The van der Waals surface area contributed by atoms with Crippen LogP contribution in [0.15, 0.2) is 65.7 Å². The predicted molar refractivity (Wildman–Crippen MR) is 111 cm³/mol. The van der Waals surface area contributed by atoms with E-state index < -0.39 is 6.10 Å². The third-order valence-electron chi connectivity index (χ3n) is 5.10. The zero-order valence-electron chi connectivity index (χ0n) is 16.2. The molecule has 3 nitrogen and oxygen atoms in total. The van der Waals surface area contributed by atoms with Gasteiger partial charge in [0.15, 0.2) is 6.10 Å². The summed E-state index contributed by atoms with van der Waals surface area (Å²) in [4.78, 5) is 12.7. The lowest BCUT2D eigenvalue weighted by Gasteiger charge is -2.15. The highest BCUT2D eigenvalue weighted by molar-refractivity contribution is 6.29. The molecule has 0 aromatic heterocycles. The van der Waals surface area contributed by atoms with Crippen molar-refractivity contribution in [1.29, 1.82) is 0 Å². The van der Waals surface area contributed by atoms with E-state index in [1.165, 1.54) is 0 Å². The van der Waals surface area contributed by atoms with Crippen molar-refractivity contribution < 1.29 is 14.3 Å². The summed E-state index contributed by atoms with van der Waals surface area (Å²) in [6, 6.07) is 16.7. The number of ether oxygens (including phenoxy) is 2. The summed E-state index contributed by atoms with van der Waals surface area (Å²) >= 11 is 5.99. The van der Waals surface area contributed by atoms with E-state index in [9.17, 15) is 4.79 Å². The maximum absolute atomic E-state index is 12.7. The molecule has 144 valence electrons. The molecule has 0 bridgehead atoms. The quantitative estimate of drug-likeness (QED) is 0.438. The first-order chi connectivity index (χ1) is 13.3. The van der Waals surface area contributed by atoms with Gasteiger partial charge in [-0.1, -0.05) is 67.8 Å². The molecule has 2 aromatic rings. The highest BCUT2D eigenvalue weighted by atomic mass is 35.5. The van der Waals surface area contributed by atoms with Crippen LogP contribution < -0.4 is 4.74 Å². The normalized spacial score (nSPS) is 21.3. The summed E-state index contributed by atoms with van der Waals surface area (Å²) in [7, 11) is 0. The zero-order chi connectivity index (χ0) is 20.3. The molecule has 3 unspecified atom stereocenters. The van der Waals surface area contributed by atoms with Crippen LogP contribution in [-0.4, -0.2) is 5.97 Å². The molecule has 3 rings (SSSR count). The highest BCUT2D eigenvalue weighted by Crippen LogP contribution is 2.60. The fourth-order valence-corrected chi connectivity index (χ4v) is 3.58. The Balaban J connectivity index is 1.72. The van der Waals surface area contributed by atoms with Gasteiger partial charge in [0.05, 0.1) is 5.92 Å². The van der Waals surface area contributed by atoms with Crippen LogP contribution in [0.5, 0.6) is 11.5 Å². The second kappa shape index (κ2) is 8.12. The Morgan fingerprint density at radius 1 is 1.18 bits per heavy atom. The minimum atomic E-state index is -0.773. The van der Waals surface area contributed by atoms with Gasteiger partial charge in [-0.3, -0.25) is 4.79 Å². The van der Waals surface area contributed by atoms with Crippen LogP contribution in [0.1, 0.15) is 32.4 Å². The number of carbonyl (C=O) groups is 1. The Morgan fingerprint density at radius 2 is 1.86 bits per heavy atom. The third-order valence-corrected chi connectivity index (χ3v) is 5.22. The van der Waals surface area contributed by atoms with E-state index >= 15 is 0 Å². The summed E-state index contributed by atoms with van der Waals surface area (Å²) in [6.07, 6.45) is 6.79. The molecule has 3 atom stereocenters. The summed E-state index contributed by atoms with van der Waals surface area (Å²) in [6.45, 7) is 5.86. The summed E-state index contributed by atoms with van der Waals surface area (Å²) in [5, 5.41) is 0.674. The third kappa shape index (κ3) is 4.40. The van der Waals surface area contributed by atoms with Gasteiger partial charge in [-0.05, 0) is 42.5 Å². The van der Waals surface area contributed by atoms with Crippen molar-refractivity contribution in [2.45, 2.75) is 26.9 Å². The second-order valence-electron chi connectivity index (χ2n) is 7.55. The molecule has 0 saturated heterocycles. The number of hydrogen-bond donors (Lipinski definition) is 0. The van der Waals surface area contributed by atoms with Crippen molar-refractivity contribution in [2.24, 2.45) is 17.3 Å². The average molecular weight is 395 g/mol. The molecular formula is C24H23ClO3. The van der Waals surface area contributed by atoms with E-state index in [0.717, 1.165) is 5.75 Å². The SMILES string of the molecule is C#CC(OC(=O)C1C(C=C(C)Cl)C1(C)C)c1cccc(Oc2ccccc2)c1. The Labute approximate surface area is 171 Å². The first kappa shape index (κ1) is 20.0. The molecule has 0 aliphatic heterocycles. The topological polar surface area (TPSA) is 35.5 Å². The molecule has 0 N–H and O–H groups in total. The van der Waals surface area contributed by atoms with E-state index in [-0.39, 0.29) is 23.2 Å². The lowest BCUT2D eigenvalue weighted by Crippen LogP contribution is -2.14. The van der Waals surface area contributed by atoms with Gasteiger partial charge in [0.2, 0.25) is 0 Å². The van der Waals surface area contributed by atoms with E-state index in [1.807, 2.05) is 68.5 Å². The maximum atomic E-state index is 12.7. The number of terminal acetylenes is 1. The number of esters is 1. The molecule has 1 saturated carbocycles. The number of carbonyl (C=O) groups excluding carboxylic acids is 1. The van der Waals surface area contributed by atoms with Crippen LogP contribution in [-0.2, 0) is 9.53 Å². The molecule has 0 heterocycles. The van der Waals surface area contributed by atoms with Crippen LogP contribution in [0, 0.1) is 29.6 Å². The van der Waals surface area contributed by atoms with Gasteiger partial charge in [0.25, 0.3) is 0 Å². The number of allylic oxidation sites excluding steroid dienone is 2. The summed E-state index contributed by atoms with van der Waals surface area (Å²) in [5.74, 6) is 3.42. The Kier molecular flexibility index (Phi) is 5.82. The van der Waals surface area contributed by atoms with Gasteiger partial charge in [-0.25, -0.2) is 0 Å². The van der Waals surface area contributed by atoms with Crippen LogP contribution in [0.4, 0.5) is 0 Å². The Hall–Kier alpha value is -2.70. The van der Waals surface area contributed by atoms with E-state index in [0.29, 0.717) is 16.3 Å². The van der Waals surface area contributed by atoms with Crippen molar-refractivity contribution in [3.63, 3.8) is 0 Å². The Morgan fingerprint density at radius 3 is 2.50 bits per heavy atom. The Bertz CT molecular complexity index is 920. The van der Waals surface area contributed by atoms with Gasteiger partial charge in [0, 0.05) is 10.6 Å². The lowest BCUT2D eigenvalue weighted by atomic mass is 10.1. The number of rotatable bonds is 6. The number of halogens is 1. The summed E-state index contributed by atoms with van der Waals surface area (Å²) < 4.78 is 11.5. The van der Waals surface area contributed by atoms with Gasteiger partial charge in [-0.15, -0.1) is 6.42 Å². The predicted octanol–water partition coefficient (Wildman–Crippen LogP) is 6.11. The maximum Gasteiger partial charge on any atom is 0.311 e. The number of benzene rings is 2. The number of hydrogen-bond acceptors (Lipinski definition) is 3. The van der Waals surface area contributed by atoms with Crippen LogP contribution in [0.2, 0.25) is 0 Å². The molecule has 4 heteroatoms. The van der Waals surface area contributed by atoms with E-state index in [4.69, 9.17) is 27.5 Å². The molecule has 0 spiro atoms. The van der Waals surface area contributed by atoms with Crippen molar-refractivity contribution in [3.05, 3.63) is 71.3 Å². The molecule has 1 aliphatic rings. The lowest BCUT2D eigenvalue weighted by molar-refractivity contribution is -0.149. The highest BCUT2D eigenvalue weighted by Gasteiger charge is 2.61. The molecule has 28 heavy (non-hydrogen) atoms. The standard InChI is InChI=1S/C24H23ClO3/c1-5-21(28-23(26)22-20(14-16(2)25)24(22,3)4)17-10-9-13-19(15-17)27-18-11-7-6-8-12-18/h1,6-15,20-22H,2-4H3.